The van der Waals surface area contributed by atoms with Gasteiger partial charge in [0.15, 0.2) is 5.78 Å². The number of hydrogen-bond acceptors (Lipinski definition) is 8. The highest BCUT2D eigenvalue weighted by Gasteiger charge is 2.30. The average molecular weight is 801 g/mol. The van der Waals surface area contributed by atoms with Crippen LogP contribution in [0.4, 0.5) is 17.1 Å². The predicted molar refractivity (Wildman–Crippen MR) is 228 cm³/mol. The molecule has 6 aromatic rings. The summed E-state index contributed by atoms with van der Waals surface area (Å²) in [6.07, 6.45) is 0.723. The fourth-order valence-electron chi connectivity index (χ4n) is 6.29. The van der Waals surface area contributed by atoms with Gasteiger partial charge in [-0.05, 0) is 153 Å². The number of carbonyl (C=O) groups excluding carboxylic acids is 2. The standard InChI is InChI=1S/C47H43Cl2N3O5/c1-4-52(41-19-17-40(18-20-41)51-50-39-15-5-34(6-16-39)33(2)53)31-32-55-46(54)29-30-47(3,35-7-21-42(22-8-35)56-44-25-11-37(48)12-26-44)36-9-23-43(24-10-36)57-45-27-13-38(49)14-28-45/h5-28H,4,29-32H2,1-3H3. The van der Waals surface area contributed by atoms with Crippen molar-refractivity contribution in [1.82, 2.24) is 0 Å². The summed E-state index contributed by atoms with van der Waals surface area (Å²) in [5.41, 5.74) is 4.49. The van der Waals surface area contributed by atoms with E-state index in [0.717, 1.165) is 23.4 Å². The molecule has 0 atom stereocenters. The van der Waals surface area contributed by atoms with E-state index in [9.17, 15) is 9.59 Å². The number of esters is 1. The minimum atomic E-state index is -0.539. The summed E-state index contributed by atoms with van der Waals surface area (Å²) < 4.78 is 17.9. The zero-order chi connectivity index (χ0) is 40.2. The van der Waals surface area contributed by atoms with Gasteiger partial charge in [0.1, 0.15) is 29.6 Å². The second kappa shape index (κ2) is 19.3. The first-order valence-corrected chi connectivity index (χ1v) is 19.4. The SMILES string of the molecule is CCN(CCOC(=O)CCC(C)(c1ccc(Oc2ccc(Cl)cc2)cc1)c1ccc(Oc2ccc(Cl)cc2)cc1)c1ccc(N=Nc2ccc(C(C)=O)cc2)cc1. The highest BCUT2D eigenvalue weighted by atomic mass is 35.5. The molecule has 0 spiro atoms. The molecule has 0 saturated carbocycles. The fraction of sp³-hybridized carbons (Fsp3) is 0.191. The molecule has 0 unspecified atom stereocenters. The number of azo groups is 1. The molecule has 0 heterocycles. The van der Waals surface area contributed by atoms with Crippen molar-refractivity contribution in [3.05, 3.63) is 172 Å². The molecule has 57 heavy (non-hydrogen) atoms. The zero-order valence-electron chi connectivity index (χ0n) is 32.0. The van der Waals surface area contributed by atoms with Gasteiger partial charge in [-0.1, -0.05) is 54.4 Å². The monoisotopic (exact) mass is 799 g/mol. The number of halogens is 2. The van der Waals surface area contributed by atoms with Gasteiger partial charge < -0.3 is 19.1 Å². The van der Waals surface area contributed by atoms with Crippen LogP contribution in [0.2, 0.25) is 10.0 Å². The average Bonchev–Trinajstić information content (AvgIpc) is 3.23. The molecule has 0 aliphatic heterocycles. The lowest BCUT2D eigenvalue weighted by atomic mass is 9.73. The van der Waals surface area contributed by atoms with E-state index in [1.807, 2.05) is 97.1 Å². The van der Waals surface area contributed by atoms with Crippen LogP contribution in [0.3, 0.4) is 0 Å². The Labute approximate surface area is 343 Å². The van der Waals surface area contributed by atoms with Gasteiger partial charge in [0.05, 0.1) is 17.9 Å². The first-order valence-electron chi connectivity index (χ1n) is 18.7. The van der Waals surface area contributed by atoms with E-state index in [1.165, 1.54) is 6.92 Å². The van der Waals surface area contributed by atoms with Crippen molar-refractivity contribution >= 4 is 52.0 Å². The van der Waals surface area contributed by atoms with Crippen LogP contribution in [0, 0.1) is 0 Å². The summed E-state index contributed by atoms with van der Waals surface area (Å²) in [5, 5.41) is 9.89. The summed E-state index contributed by atoms with van der Waals surface area (Å²) in [4.78, 5) is 26.9. The van der Waals surface area contributed by atoms with Crippen molar-refractivity contribution in [2.45, 2.75) is 39.0 Å². The molecule has 0 aliphatic rings. The first-order chi connectivity index (χ1) is 27.6. The van der Waals surface area contributed by atoms with Gasteiger partial charge in [-0.2, -0.15) is 10.2 Å². The second-order valence-corrected chi connectivity index (χ2v) is 14.5. The lowest BCUT2D eigenvalue weighted by Crippen LogP contribution is -2.29. The number of anilines is 1. The number of nitrogens with zero attached hydrogens (tertiary/aromatic N) is 3. The molecule has 0 radical (unpaired) electrons. The van der Waals surface area contributed by atoms with E-state index in [1.54, 1.807) is 48.5 Å². The van der Waals surface area contributed by atoms with Crippen LogP contribution in [0.1, 0.15) is 55.1 Å². The lowest BCUT2D eigenvalue weighted by Gasteiger charge is -2.31. The number of Topliss-reactive ketones (excluding diaryl/α,β-unsaturated/α-hetero) is 1. The molecule has 0 saturated heterocycles. The maximum atomic E-state index is 13.3. The highest BCUT2D eigenvalue weighted by Crippen LogP contribution is 2.39. The molecule has 0 fully saturated rings. The van der Waals surface area contributed by atoms with Crippen molar-refractivity contribution in [2.24, 2.45) is 10.2 Å². The van der Waals surface area contributed by atoms with Gasteiger partial charge in [-0.25, -0.2) is 0 Å². The topological polar surface area (TPSA) is 89.8 Å². The van der Waals surface area contributed by atoms with Crippen LogP contribution in [0.25, 0.3) is 0 Å². The van der Waals surface area contributed by atoms with Gasteiger partial charge in [0, 0.05) is 39.7 Å². The Morgan fingerprint density at radius 1 is 0.614 bits per heavy atom. The van der Waals surface area contributed by atoms with E-state index < -0.39 is 5.41 Å². The summed E-state index contributed by atoms with van der Waals surface area (Å²) in [6.45, 7) is 7.24. The van der Waals surface area contributed by atoms with E-state index in [-0.39, 0.29) is 24.8 Å². The highest BCUT2D eigenvalue weighted by molar-refractivity contribution is 6.30. The van der Waals surface area contributed by atoms with Crippen LogP contribution >= 0.6 is 23.2 Å². The number of benzene rings is 6. The molecule has 8 nitrogen and oxygen atoms in total. The van der Waals surface area contributed by atoms with Gasteiger partial charge in [0.25, 0.3) is 0 Å². The molecule has 0 aromatic heterocycles. The van der Waals surface area contributed by atoms with Crippen molar-refractivity contribution < 1.29 is 23.8 Å². The van der Waals surface area contributed by atoms with Gasteiger partial charge in [0.2, 0.25) is 0 Å². The van der Waals surface area contributed by atoms with E-state index in [2.05, 4.69) is 29.0 Å². The van der Waals surface area contributed by atoms with Gasteiger partial charge in [-0.15, -0.1) is 0 Å². The lowest BCUT2D eigenvalue weighted by molar-refractivity contribution is -0.143. The van der Waals surface area contributed by atoms with Crippen LogP contribution in [-0.2, 0) is 14.9 Å². The third-order valence-corrected chi connectivity index (χ3v) is 10.2. The Kier molecular flexibility index (Phi) is 13.8. The quantitative estimate of drug-likeness (QED) is 0.0518. The minimum Gasteiger partial charge on any atom is -0.464 e. The number of carbonyl (C=O) groups is 2. The molecule has 0 N–H and O–H groups in total. The normalized spacial score (nSPS) is 11.3. The molecule has 0 bridgehead atoms. The summed E-state index contributed by atoms with van der Waals surface area (Å²) in [6, 6.07) is 45.1. The maximum Gasteiger partial charge on any atom is 0.305 e. The molecule has 6 rings (SSSR count). The third-order valence-electron chi connectivity index (χ3n) is 9.69. The predicted octanol–water partition coefficient (Wildman–Crippen LogP) is 13.4. The third kappa shape index (κ3) is 11.3. The van der Waals surface area contributed by atoms with Crippen LogP contribution in [-0.4, -0.2) is 31.4 Å². The first kappa shape index (κ1) is 40.7. The summed E-state index contributed by atoms with van der Waals surface area (Å²) in [5.74, 6) is 2.48. The molecular formula is C47H43Cl2N3O5. The van der Waals surface area contributed by atoms with Crippen LogP contribution in [0.5, 0.6) is 23.0 Å². The molecule has 0 aliphatic carbocycles. The number of ketones is 1. The zero-order valence-corrected chi connectivity index (χ0v) is 33.5. The summed E-state index contributed by atoms with van der Waals surface area (Å²) in [7, 11) is 0. The molecular weight excluding hydrogens is 757 g/mol. The van der Waals surface area contributed by atoms with Gasteiger partial charge >= 0.3 is 5.97 Å². The van der Waals surface area contributed by atoms with Crippen molar-refractivity contribution in [3.8, 4) is 23.0 Å². The number of rotatable bonds is 17. The molecule has 10 heteroatoms. The van der Waals surface area contributed by atoms with E-state index >= 15 is 0 Å². The van der Waals surface area contributed by atoms with Crippen LogP contribution < -0.4 is 14.4 Å². The summed E-state index contributed by atoms with van der Waals surface area (Å²) >= 11 is 12.1. The van der Waals surface area contributed by atoms with Crippen molar-refractivity contribution in [2.75, 3.05) is 24.6 Å². The van der Waals surface area contributed by atoms with Gasteiger partial charge in [-0.3, -0.25) is 9.59 Å². The molecule has 6 aromatic carbocycles. The Morgan fingerprint density at radius 3 is 1.46 bits per heavy atom. The molecule has 0 amide bonds. The minimum absolute atomic E-state index is 0.00697. The Hall–Kier alpha value is -5.96. The number of hydrogen-bond donors (Lipinski definition) is 0. The van der Waals surface area contributed by atoms with E-state index in [4.69, 9.17) is 37.4 Å². The Bertz CT molecular complexity index is 2170. The Balaban J connectivity index is 1.08. The number of ether oxygens (including phenoxy) is 3. The van der Waals surface area contributed by atoms with Crippen LogP contribution in [0.15, 0.2) is 156 Å². The number of likely N-dealkylation sites (N-methyl/N-ethyl adjacent to an activating group) is 1. The van der Waals surface area contributed by atoms with Crippen molar-refractivity contribution in [1.29, 1.82) is 0 Å². The van der Waals surface area contributed by atoms with E-state index in [0.29, 0.717) is 62.9 Å². The largest absolute Gasteiger partial charge is 0.464 e. The molecule has 290 valence electrons. The van der Waals surface area contributed by atoms with Crippen molar-refractivity contribution in [3.63, 3.8) is 0 Å². The fourth-order valence-corrected chi connectivity index (χ4v) is 6.54. The Morgan fingerprint density at radius 2 is 1.04 bits per heavy atom. The smallest absolute Gasteiger partial charge is 0.305 e. The maximum absolute atomic E-state index is 13.3. The second-order valence-electron chi connectivity index (χ2n) is 13.6.